The summed E-state index contributed by atoms with van der Waals surface area (Å²) in [5, 5.41) is 5.15. The maximum atomic E-state index is 3.67. The molecule has 2 heterocycles. The van der Waals surface area contributed by atoms with Gasteiger partial charge in [-0.1, -0.05) is 64.5 Å². The second kappa shape index (κ2) is 7.86. The summed E-state index contributed by atoms with van der Waals surface area (Å²) in [5.41, 5.74) is 8.70. The second-order valence-corrected chi connectivity index (χ2v) is 9.97. The van der Waals surface area contributed by atoms with Crippen LogP contribution in [0.1, 0.15) is 6.92 Å². The molecule has 3 heteroatoms. The van der Waals surface area contributed by atoms with E-state index in [0.29, 0.717) is 0 Å². The van der Waals surface area contributed by atoms with Crippen LogP contribution in [0, 0.1) is 0 Å². The highest BCUT2D eigenvalue weighted by molar-refractivity contribution is 9.10. The normalized spacial score (nSPS) is 11.8. The van der Waals surface area contributed by atoms with Gasteiger partial charge in [-0.3, -0.25) is 0 Å². The van der Waals surface area contributed by atoms with Crippen molar-refractivity contribution in [2.75, 3.05) is 0 Å². The first kappa shape index (κ1) is 20.5. The van der Waals surface area contributed by atoms with Crippen LogP contribution in [0.4, 0.5) is 0 Å². The van der Waals surface area contributed by atoms with Gasteiger partial charge in [-0.25, -0.2) is 0 Å². The minimum Gasteiger partial charge on any atom is -0.341 e. The summed E-state index contributed by atoms with van der Waals surface area (Å²) in [6.07, 6.45) is 0. The molecule has 0 saturated heterocycles. The molecule has 168 valence electrons. The van der Waals surface area contributed by atoms with Gasteiger partial charge in [-0.05, 0) is 78.7 Å². The van der Waals surface area contributed by atoms with Crippen LogP contribution in [-0.4, -0.2) is 9.13 Å². The Kier molecular flexibility index (Phi) is 4.61. The lowest BCUT2D eigenvalue weighted by atomic mass is 10.0. The van der Waals surface area contributed by atoms with Crippen molar-refractivity contribution in [1.29, 1.82) is 0 Å². The third kappa shape index (κ3) is 3.08. The number of benzene rings is 5. The highest BCUT2D eigenvalue weighted by Crippen LogP contribution is 2.37. The number of fused-ring (bicyclic) bond motifs is 6. The fraction of sp³-hybridized carbons (Fsp3) is 0.0625. The van der Waals surface area contributed by atoms with Gasteiger partial charge in [-0.2, -0.15) is 0 Å². The molecule has 0 N–H and O–H groups in total. The van der Waals surface area contributed by atoms with Crippen LogP contribution >= 0.6 is 15.9 Å². The molecule has 0 atom stereocenters. The van der Waals surface area contributed by atoms with Crippen LogP contribution in [0.2, 0.25) is 0 Å². The van der Waals surface area contributed by atoms with Crippen molar-refractivity contribution >= 4 is 59.5 Å². The van der Waals surface area contributed by atoms with Gasteiger partial charge in [-0.15, -0.1) is 0 Å². The van der Waals surface area contributed by atoms with Crippen LogP contribution in [-0.2, 0) is 6.54 Å². The third-order valence-corrected chi connectivity index (χ3v) is 7.66. The first-order valence-electron chi connectivity index (χ1n) is 12.0. The monoisotopic (exact) mass is 514 g/mol. The van der Waals surface area contributed by atoms with Gasteiger partial charge in [0, 0.05) is 49.3 Å². The number of aromatic nitrogens is 2. The number of aryl methyl sites for hydroxylation is 1. The predicted octanol–water partition coefficient (Wildman–Crippen LogP) is 9.34. The van der Waals surface area contributed by atoms with Crippen LogP contribution in [0.5, 0.6) is 0 Å². The number of nitrogens with zero attached hydrogens (tertiary/aromatic N) is 2. The molecule has 0 spiro atoms. The Morgan fingerprint density at radius 1 is 0.543 bits per heavy atom. The number of hydrogen-bond donors (Lipinski definition) is 0. The van der Waals surface area contributed by atoms with Crippen molar-refractivity contribution < 1.29 is 0 Å². The molecule has 0 bridgehead atoms. The second-order valence-electron chi connectivity index (χ2n) is 9.06. The van der Waals surface area contributed by atoms with E-state index in [0.717, 1.165) is 11.0 Å². The fourth-order valence-corrected chi connectivity index (χ4v) is 5.97. The zero-order valence-electron chi connectivity index (χ0n) is 19.4. The van der Waals surface area contributed by atoms with Crippen molar-refractivity contribution in [1.82, 2.24) is 9.13 Å². The molecule has 0 amide bonds. The Hall–Kier alpha value is -3.82. The number of rotatable bonds is 3. The van der Waals surface area contributed by atoms with E-state index in [2.05, 4.69) is 141 Å². The SMILES string of the molecule is CCn1c2ccc(Br)cc2c2cc(-c3ccc4c(c3)c3ccccc3n4-c3ccccc3)ccc21. The van der Waals surface area contributed by atoms with Gasteiger partial charge in [0.25, 0.3) is 0 Å². The molecule has 2 aromatic heterocycles. The quantitative estimate of drug-likeness (QED) is 0.222. The van der Waals surface area contributed by atoms with E-state index in [1.165, 1.54) is 60.4 Å². The Bertz CT molecular complexity index is 1890. The van der Waals surface area contributed by atoms with Crippen molar-refractivity contribution in [2.24, 2.45) is 0 Å². The van der Waals surface area contributed by atoms with Crippen LogP contribution < -0.4 is 0 Å². The molecular formula is C32H23BrN2. The summed E-state index contributed by atoms with van der Waals surface area (Å²) in [4.78, 5) is 0. The van der Waals surface area contributed by atoms with Gasteiger partial charge in [0.05, 0.1) is 11.0 Å². The van der Waals surface area contributed by atoms with Crippen LogP contribution in [0.3, 0.4) is 0 Å². The average Bonchev–Trinajstić information content (AvgIpc) is 3.40. The summed E-state index contributed by atoms with van der Waals surface area (Å²) in [5.74, 6) is 0. The van der Waals surface area contributed by atoms with Crippen molar-refractivity contribution in [3.8, 4) is 16.8 Å². The third-order valence-electron chi connectivity index (χ3n) is 7.16. The molecule has 0 radical (unpaired) electrons. The van der Waals surface area contributed by atoms with E-state index in [9.17, 15) is 0 Å². The minimum absolute atomic E-state index is 0.950. The Morgan fingerprint density at radius 2 is 1.11 bits per heavy atom. The van der Waals surface area contributed by atoms with Gasteiger partial charge in [0.1, 0.15) is 0 Å². The summed E-state index contributed by atoms with van der Waals surface area (Å²) < 4.78 is 5.88. The molecule has 5 aromatic carbocycles. The standard InChI is InChI=1S/C32H23BrN2/c1-2-34-29-15-12-21(19-27(29)28-20-23(33)14-17-30(28)34)22-13-16-32-26(18-22)25-10-6-7-11-31(25)35(32)24-8-4-3-5-9-24/h3-20H,2H2,1H3. The van der Waals surface area contributed by atoms with Crippen LogP contribution in [0.25, 0.3) is 60.4 Å². The maximum absolute atomic E-state index is 3.67. The van der Waals surface area contributed by atoms with Gasteiger partial charge in [0.15, 0.2) is 0 Å². The molecule has 0 fully saturated rings. The van der Waals surface area contributed by atoms with Crippen LogP contribution in [0.15, 0.2) is 114 Å². The van der Waals surface area contributed by atoms with E-state index in [1.807, 2.05) is 0 Å². The molecule has 7 rings (SSSR count). The summed E-state index contributed by atoms with van der Waals surface area (Å²) in [6.45, 7) is 3.16. The lowest BCUT2D eigenvalue weighted by Crippen LogP contribution is -1.93. The van der Waals surface area contributed by atoms with Crippen molar-refractivity contribution in [2.45, 2.75) is 13.5 Å². The topological polar surface area (TPSA) is 9.86 Å². The van der Waals surface area contributed by atoms with Gasteiger partial charge >= 0.3 is 0 Å². The fourth-order valence-electron chi connectivity index (χ4n) is 5.60. The molecule has 0 aliphatic heterocycles. The smallest absolute Gasteiger partial charge is 0.0541 e. The highest BCUT2D eigenvalue weighted by atomic mass is 79.9. The Morgan fingerprint density at radius 3 is 1.86 bits per heavy atom. The average molecular weight is 515 g/mol. The maximum Gasteiger partial charge on any atom is 0.0541 e. The molecule has 0 aliphatic carbocycles. The zero-order chi connectivity index (χ0) is 23.5. The summed E-state index contributed by atoms with van der Waals surface area (Å²) in [7, 11) is 0. The Labute approximate surface area is 212 Å². The molecular weight excluding hydrogens is 492 g/mol. The van der Waals surface area contributed by atoms with Crippen molar-refractivity contribution in [3.05, 3.63) is 114 Å². The van der Waals surface area contributed by atoms with E-state index >= 15 is 0 Å². The summed E-state index contributed by atoms with van der Waals surface area (Å²) in [6, 6.07) is 39.7. The van der Waals surface area contributed by atoms with Gasteiger partial charge < -0.3 is 9.13 Å². The molecule has 35 heavy (non-hydrogen) atoms. The first-order valence-corrected chi connectivity index (χ1v) is 12.8. The lowest BCUT2D eigenvalue weighted by Gasteiger charge is -2.08. The van der Waals surface area contributed by atoms with E-state index in [4.69, 9.17) is 0 Å². The van der Waals surface area contributed by atoms with Crippen molar-refractivity contribution in [3.63, 3.8) is 0 Å². The Balaban J connectivity index is 1.48. The van der Waals surface area contributed by atoms with Gasteiger partial charge in [0.2, 0.25) is 0 Å². The molecule has 0 saturated carbocycles. The molecule has 0 unspecified atom stereocenters. The zero-order valence-corrected chi connectivity index (χ0v) is 21.0. The predicted molar refractivity (Wildman–Crippen MR) is 153 cm³/mol. The minimum atomic E-state index is 0.950. The molecule has 7 aromatic rings. The largest absolute Gasteiger partial charge is 0.341 e. The lowest BCUT2D eigenvalue weighted by molar-refractivity contribution is 0.827. The van der Waals surface area contributed by atoms with E-state index < -0.39 is 0 Å². The van der Waals surface area contributed by atoms with E-state index in [1.54, 1.807) is 0 Å². The van der Waals surface area contributed by atoms with E-state index in [-0.39, 0.29) is 0 Å². The first-order chi connectivity index (χ1) is 17.2. The number of hydrogen-bond acceptors (Lipinski definition) is 0. The molecule has 0 aliphatic rings. The summed E-state index contributed by atoms with van der Waals surface area (Å²) >= 11 is 3.67. The highest BCUT2D eigenvalue weighted by Gasteiger charge is 2.15. The number of halogens is 1. The number of para-hydroxylation sites is 2. The molecule has 2 nitrogen and oxygen atoms in total.